The van der Waals surface area contributed by atoms with E-state index in [1.165, 1.54) is 11.1 Å². The van der Waals surface area contributed by atoms with Crippen molar-refractivity contribution in [3.8, 4) is 0 Å². The molecule has 0 spiro atoms. The highest BCUT2D eigenvalue weighted by Crippen LogP contribution is 2.29. The molecule has 21 heavy (non-hydrogen) atoms. The molecule has 1 fully saturated rings. The number of carbonyl (C=O) groups is 1. The van der Waals surface area contributed by atoms with Gasteiger partial charge >= 0.3 is 5.97 Å². The fraction of sp³-hybridized carbons (Fsp3) is 0.588. The van der Waals surface area contributed by atoms with E-state index in [4.69, 9.17) is 0 Å². The molecule has 114 valence electrons. The number of likely N-dealkylation sites (tertiary alicyclic amines) is 1. The molecule has 1 aromatic rings. The van der Waals surface area contributed by atoms with Gasteiger partial charge in [0.1, 0.15) is 6.04 Å². The lowest BCUT2D eigenvalue weighted by Gasteiger charge is -2.43. The predicted octanol–water partition coefficient (Wildman–Crippen LogP) is 1.98. The number of hydrogen-bond donors (Lipinski definition) is 1. The molecule has 1 atom stereocenters. The highest BCUT2D eigenvalue weighted by Gasteiger charge is 2.36. The maximum absolute atomic E-state index is 11.7. The van der Waals surface area contributed by atoms with Gasteiger partial charge in [-0.3, -0.25) is 9.69 Å². The minimum absolute atomic E-state index is 0.363. The van der Waals surface area contributed by atoms with Crippen LogP contribution in [0.15, 0.2) is 24.3 Å². The van der Waals surface area contributed by atoms with E-state index in [1.807, 2.05) is 6.07 Å². The van der Waals surface area contributed by atoms with Gasteiger partial charge in [0.25, 0.3) is 0 Å². The third kappa shape index (κ3) is 2.97. The van der Waals surface area contributed by atoms with Crippen LogP contribution >= 0.6 is 0 Å². The summed E-state index contributed by atoms with van der Waals surface area (Å²) in [5.74, 6) is -0.678. The lowest BCUT2D eigenvalue weighted by molar-refractivity contribution is -0.145. The maximum Gasteiger partial charge on any atom is 0.321 e. The number of rotatable bonds is 3. The molecule has 0 aromatic heterocycles. The summed E-state index contributed by atoms with van der Waals surface area (Å²) in [5.41, 5.74) is 2.50. The van der Waals surface area contributed by atoms with Crippen LogP contribution < -0.4 is 0 Å². The summed E-state index contributed by atoms with van der Waals surface area (Å²) in [5, 5.41) is 9.61. The summed E-state index contributed by atoms with van der Waals surface area (Å²) in [7, 11) is 0. The first-order chi connectivity index (χ1) is 10.2. The second-order valence-electron chi connectivity index (χ2n) is 6.16. The Kier molecular flexibility index (Phi) is 4.27. The Morgan fingerprint density at radius 3 is 2.52 bits per heavy atom. The highest BCUT2D eigenvalue weighted by atomic mass is 16.4. The average Bonchev–Trinajstić information content (AvgIpc) is 2.53. The monoisotopic (exact) mass is 288 g/mol. The second-order valence-corrected chi connectivity index (χ2v) is 6.16. The number of carboxylic acid groups (broad SMARTS) is 1. The molecule has 0 saturated carbocycles. The Labute approximate surface area is 126 Å². The standard InChI is InChI=1S/C17H24N2O2/c1-2-18-9-7-15(8-10-18)19-12-14-6-4-3-5-13(14)11-16(19)17(20)21/h3-6,15-16H,2,7-12H2,1H3,(H,20,21). The first-order valence-electron chi connectivity index (χ1n) is 7.96. The van der Waals surface area contributed by atoms with Crippen LogP contribution in [0.4, 0.5) is 0 Å². The predicted molar refractivity (Wildman–Crippen MR) is 82.2 cm³/mol. The van der Waals surface area contributed by atoms with E-state index in [9.17, 15) is 9.90 Å². The van der Waals surface area contributed by atoms with E-state index < -0.39 is 5.97 Å². The van der Waals surface area contributed by atoms with E-state index in [0.717, 1.165) is 39.0 Å². The number of aliphatic carboxylic acids is 1. The Morgan fingerprint density at radius 2 is 1.90 bits per heavy atom. The first kappa shape index (κ1) is 14.5. The minimum atomic E-state index is -0.678. The van der Waals surface area contributed by atoms with Gasteiger partial charge in [-0.15, -0.1) is 0 Å². The van der Waals surface area contributed by atoms with Gasteiger partial charge in [-0.2, -0.15) is 0 Å². The number of benzene rings is 1. The number of nitrogens with zero attached hydrogens (tertiary/aromatic N) is 2. The van der Waals surface area contributed by atoms with Crippen LogP contribution in [0.5, 0.6) is 0 Å². The molecule has 0 amide bonds. The molecule has 1 saturated heterocycles. The lowest BCUT2D eigenvalue weighted by Crippen LogP contribution is -2.53. The molecule has 0 radical (unpaired) electrons. The summed E-state index contributed by atoms with van der Waals surface area (Å²) in [4.78, 5) is 16.4. The van der Waals surface area contributed by atoms with Crippen molar-refractivity contribution in [3.63, 3.8) is 0 Å². The summed E-state index contributed by atoms with van der Waals surface area (Å²) in [6, 6.07) is 8.31. The molecule has 1 N–H and O–H groups in total. The van der Waals surface area contributed by atoms with Crippen LogP contribution in [0.25, 0.3) is 0 Å². The van der Waals surface area contributed by atoms with Crippen molar-refractivity contribution in [2.24, 2.45) is 0 Å². The fourth-order valence-corrected chi connectivity index (χ4v) is 3.72. The summed E-state index contributed by atoms with van der Waals surface area (Å²) in [6.07, 6.45) is 2.80. The topological polar surface area (TPSA) is 43.8 Å². The molecular formula is C17H24N2O2. The molecule has 4 heteroatoms. The Bertz CT molecular complexity index is 509. The number of piperidine rings is 1. The van der Waals surface area contributed by atoms with Gasteiger partial charge in [-0.05, 0) is 50.0 Å². The first-order valence-corrected chi connectivity index (χ1v) is 7.96. The van der Waals surface area contributed by atoms with Crippen molar-refractivity contribution >= 4 is 5.97 Å². The zero-order valence-electron chi connectivity index (χ0n) is 12.7. The molecule has 0 aliphatic carbocycles. The van der Waals surface area contributed by atoms with E-state index in [2.05, 4.69) is 34.9 Å². The van der Waals surface area contributed by atoms with E-state index in [0.29, 0.717) is 12.5 Å². The van der Waals surface area contributed by atoms with Crippen LogP contribution in [0.1, 0.15) is 30.9 Å². The van der Waals surface area contributed by atoms with Gasteiger partial charge < -0.3 is 10.0 Å². The quantitative estimate of drug-likeness (QED) is 0.923. The minimum Gasteiger partial charge on any atom is -0.480 e. The lowest BCUT2D eigenvalue weighted by atomic mass is 9.90. The maximum atomic E-state index is 11.7. The van der Waals surface area contributed by atoms with Gasteiger partial charge in [0.2, 0.25) is 0 Å². The molecule has 2 aliphatic rings. The molecule has 4 nitrogen and oxygen atoms in total. The van der Waals surface area contributed by atoms with Crippen LogP contribution in [0.2, 0.25) is 0 Å². The van der Waals surface area contributed by atoms with Gasteiger partial charge in [0.15, 0.2) is 0 Å². The molecule has 2 heterocycles. The van der Waals surface area contributed by atoms with Crippen LogP contribution in [0.3, 0.4) is 0 Å². The van der Waals surface area contributed by atoms with Crippen LogP contribution in [0, 0.1) is 0 Å². The third-order valence-electron chi connectivity index (χ3n) is 5.04. The fourth-order valence-electron chi connectivity index (χ4n) is 3.72. The van der Waals surface area contributed by atoms with Crippen molar-refractivity contribution in [1.29, 1.82) is 0 Å². The van der Waals surface area contributed by atoms with E-state index >= 15 is 0 Å². The van der Waals surface area contributed by atoms with Crippen molar-refractivity contribution in [1.82, 2.24) is 9.80 Å². The SMILES string of the molecule is CCN1CCC(N2Cc3ccccc3CC2C(=O)O)CC1. The molecular weight excluding hydrogens is 264 g/mol. The van der Waals surface area contributed by atoms with Gasteiger partial charge in [0, 0.05) is 12.6 Å². The van der Waals surface area contributed by atoms with Crippen LogP contribution in [-0.2, 0) is 17.8 Å². The third-order valence-corrected chi connectivity index (χ3v) is 5.04. The average molecular weight is 288 g/mol. The van der Waals surface area contributed by atoms with Gasteiger partial charge in [-0.1, -0.05) is 31.2 Å². The van der Waals surface area contributed by atoms with Crippen molar-refractivity contribution in [3.05, 3.63) is 35.4 Å². The summed E-state index contributed by atoms with van der Waals surface area (Å²) < 4.78 is 0. The normalized spacial score (nSPS) is 24.7. The zero-order valence-corrected chi connectivity index (χ0v) is 12.7. The number of fused-ring (bicyclic) bond motifs is 1. The molecule has 1 unspecified atom stereocenters. The largest absolute Gasteiger partial charge is 0.480 e. The molecule has 0 bridgehead atoms. The smallest absolute Gasteiger partial charge is 0.321 e. The van der Waals surface area contributed by atoms with Crippen molar-refractivity contribution in [2.75, 3.05) is 19.6 Å². The second kappa shape index (κ2) is 6.16. The van der Waals surface area contributed by atoms with Crippen molar-refractivity contribution < 1.29 is 9.90 Å². The number of carboxylic acids is 1. The van der Waals surface area contributed by atoms with Gasteiger partial charge in [-0.25, -0.2) is 0 Å². The summed E-state index contributed by atoms with van der Waals surface area (Å²) in [6.45, 7) is 6.25. The summed E-state index contributed by atoms with van der Waals surface area (Å²) >= 11 is 0. The van der Waals surface area contributed by atoms with E-state index in [1.54, 1.807) is 0 Å². The molecule has 3 rings (SSSR count). The molecule has 1 aromatic carbocycles. The Balaban J connectivity index is 1.78. The zero-order chi connectivity index (χ0) is 14.8. The van der Waals surface area contributed by atoms with Crippen molar-refractivity contribution in [2.45, 2.75) is 44.8 Å². The molecule has 2 aliphatic heterocycles. The van der Waals surface area contributed by atoms with Crippen LogP contribution in [-0.4, -0.2) is 52.6 Å². The van der Waals surface area contributed by atoms with E-state index in [-0.39, 0.29) is 6.04 Å². The van der Waals surface area contributed by atoms with Gasteiger partial charge in [0.05, 0.1) is 0 Å². The Morgan fingerprint density at radius 1 is 1.24 bits per heavy atom. The Hall–Kier alpha value is -1.39. The number of hydrogen-bond acceptors (Lipinski definition) is 3. The highest BCUT2D eigenvalue weighted by molar-refractivity contribution is 5.74.